The van der Waals surface area contributed by atoms with Crippen molar-refractivity contribution in [1.82, 2.24) is 4.90 Å². The molecule has 1 heterocycles. The van der Waals surface area contributed by atoms with Gasteiger partial charge in [-0.05, 0) is 53.0 Å². The predicted octanol–water partition coefficient (Wildman–Crippen LogP) is 2.89. The Balaban J connectivity index is 3.17. The van der Waals surface area contributed by atoms with Gasteiger partial charge >= 0.3 is 12.1 Å². The summed E-state index contributed by atoms with van der Waals surface area (Å²) in [5.74, 6) is -0.435. The van der Waals surface area contributed by atoms with Gasteiger partial charge in [0.25, 0.3) is 0 Å². The first-order valence-electron chi connectivity index (χ1n) is 8.33. The number of hydrogen-bond donors (Lipinski definition) is 1. The van der Waals surface area contributed by atoms with Crippen molar-refractivity contribution in [2.24, 2.45) is 5.92 Å². The van der Waals surface area contributed by atoms with Crippen LogP contribution in [0.15, 0.2) is 11.6 Å². The van der Waals surface area contributed by atoms with Crippen LogP contribution in [-0.2, 0) is 14.3 Å². The van der Waals surface area contributed by atoms with Gasteiger partial charge in [-0.15, -0.1) is 0 Å². The van der Waals surface area contributed by atoms with Crippen molar-refractivity contribution >= 4 is 12.1 Å². The van der Waals surface area contributed by atoms with Crippen LogP contribution in [0, 0.1) is 5.92 Å². The molecule has 138 valence electrons. The summed E-state index contributed by atoms with van der Waals surface area (Å²) in [5, 5.41) is 10.3. The number of esters is 1. The van der Waals surface area contributed by atoms with E-state index in [4.69, 9.17) is 9.47 Å². The molecule has 1 rings (SSSR count). The number of amides is 1. The number of carbonyl (C=O) groups excluding carboxylic acids is 2. The molecule has 0 bridgehead atoms. The van der Waals surface area contributed by atoms with Crippen LogP contribution in [-0.4, -0.2) is 52.0 Å². The molecule has 0 spiro atoms. The lowest BCUT2D eigenvalue weighted by Gasteiger charge is -2.29. The van der Waals surface area contributed by atoms with Crippen molar-refractivity contribution in [3.63, 3.8) is 0 Å². The smallest absolute Gasteiger partial charge is 0.411 e. The quantitative estimate of drug-likeness (QED) is 0.617. The molecule has 1 aliphatic rings. The standard InChI is InChI=1S/C18H31NO5/c1-11(2)9-12-13(20)10-19(16(22)24-18(6,7)8)14(12)15(21)23-17(3,4)5/h9,11,13-14,20H,10H2,1-8H3/b12-9-/t13-,14-/m0/s1. The fraction of sp³-hybridized carbons (Fsp3) is 0.778. The molecule has 1 amide bonds. The van der Waals surface area contributed by atoms with E-state index in [1.54, 1.807) is 41.5 Å². The zero-order chi connectivity index (χ0) is 18.9. The second-order valence-electron chi connectivity index (χ2n) is 8.50. The monoisotopic (exact) mass is 341 g/mol. The van der Waals surface area contributed by atoms with Gasteiger partial charge in [-0.2, -0.15) is 0 Å². The average molecular weight is 341 g/mol. The molecule has 6 nitrogen and oxygen atoms in total. The summed E-state index contributed by atoms with van der Waals surface area (Å²) < 4.78 is 10.8. The summed E-state index contributed by atoms with van der Waals surface area (Å²) in [4.78, 5) is 26.4. The highest BCUT2D eigenvalue weighted by Gasteiger charge is 2.46. The summed E-state index contributed by atoms with van der Waals surface area (Å²) in [5.41, 5.74) is -0.886. The molecule has 2 atom stereocenters. The molecule has 0 saturated carbocycles. The largest absolute Gasteiger partial charge is 0.458 e. The summed E-state index contributed by atoms with van der Waals surface area (Å²) in [6, 6.07) is -0.962. The van der Waals surface area contributed by atoms with Crippen molar-refractivity contribution < 1.29 is 24.2 Å². The molecule has 0 radical (unpaired) electrons. The van der Waals surface area contributed by atoms with Crippen LogP contribution in [0.2, 0.25) is 0 Å². The molecule has 1 N–H and O–H groups in total. The average Bonchev–Trinajstić information content (AvgIpc) is 2.62. The number of allylic oxidation sites excluding steroid dienone is 1. The zero-order valence-corrected chi connectivity index (χ0v) is 16.0. The van der Waals surface area contributed by atoms with Gasteiger partial charge in [0.1, 0.15) is 11.2 Å². The Labute approximate surface area is 144 Å². The summed E-state index contributed by atoms with van der Waals surface area (Å²) in [6.07, 6.45) is 0.269. The van der Waals surface area contributed by atoms with Gasteiger partial charge in [-0.3, -0.25) is 4.90 Å². The van der Waals surface area contributed by atoms with Crippen LogP contribution in [0.1, 0.15) is 55.4 Å². The first-order valence-corrected chi connectivity index (χ1v) is 8.33. The van der Waals surface area contributed by atoms with Gasteiger partial charge < -0.3 is 14.6 Å². The van der Waals surface area contributed by atoms with Crippen molar-refractivity contribution in [3.05, 3.63) is 11.6 Å². The lowest BCUT2D eigenvalue weighted by atomic mass is 10.0. The van der Waals surface area contributed by atoms with Gasteiger partial charge in [-0.25, -0.2) is 9.59 Å². The summed E-state index contributed by atoms with van der Waals surface area (Å²) in [7, 11) is 0. The second-order valence-corrected chi connectivity index (χ2v) is 8.50. The highest BCUT2D eigenvalue weighted by Crippen LogP contribution is 2.29. The van der Waals surface area contributed by atoms with Crippen LogP contribution >= 0.6 is 0 Å². The number of aliphatic hydroxyl groups is 1. The first-order chi connectivity index (χ1) is 10.7. The summed E-state index contributed by atoms with van der Waals surface area (Å²) >= 11 is 0. The lowest BCUT2D eigenvalue weighted by Crippen LogP contribution is -2.46. The number of aliphatic hydroxyl groups excluding tert-OH is 1. The highest BCUT2D eigenvalue weighted by atomic mass is 16.6. The number of rotatable bonds is 2. The van der Waals surface area contributed by atoms with Gasteiger partial charge in [0, 0.05) is 0 Å². The molecule has 0 aromatic heterocycles. The van der Waals surface area contributed by atoms with E-state index in [2.05, 4.69) is 0 Å². The van der Waals surface area contributed by atoms with Crippen LogP contribution < -0.4 is 0 Å². The van der Waals surface area contributed by atoms with Crippen LogP contribution in [0.3, 0.4) is 0 Å². The number of β-amino-alcohol motifs (C(OH)–C–C–N with tert-alkyl or cyclic N) is 1. The van der Waals surface area contributed by atoms with Crippen molar-refractivity contribution in [1.29, 1.82) is 0 Å². The van der Waals surface area contributed by atoms with E-state index in [0.29, 0.717) is 5.57 Å². The molecule has 0 aromatic rings. The maximum atomic E-state index is 12.7. The zero-order valence-electron chi connectivity index (χ0n) is 16.0. The first kappa shape index (κ1) is 20.5. The van der Waals surface area contributed by atoms with Gasteiger partial charge in [0.2, 0.25) is 0 Å². The van der Waals surface area contributed by atoms with Crippen LogP contribution in [0.4, 0.5) is 4.79 Å². The Kier molecular flexibility index (Phi) is 6.09. The van der Waals surface area contributed by atoms with E-state index < -0.39 is 35.4 Å². The predicted molar refractivity (Wildman–Crippen MR) is 91.5 cm³/mol. The van der Waals surface area contributed by atoms with Crippen LogP contribution in [0.25, 0.3) is 0 Å². The SMILES string of the molecule is CC(C)/C=C1\[C@@H](C(=O)OC(C)(C)C)N(C(=O)OC(C)(C)C)C[C@@H]1O. The molecule has 24 heavy (non-hydrogen) atoms. The Bertz CT molecular complexity index is 510. The molecule has 0 unspecified atom stereocenters. The van der Waals surface area contributed by atoms with E-state index in [0.717, 1.165) is 0 Å². The minimum Gasteiger partial charge on any atom is -0.458 e. The van der Waals surface area contributed by atoms with Gasteiger partial charge in [-0.1, -0.05) is 19.9 Å². The van der Waals surface area contributed by atoms with Crippen molar-refractivity contribution in [2.75, 3.05) is 6.54 Å². The van der Waals surface area contributed by atoms with E-state index in [1.807, 2.05) is 19.9 Å². The maximum Gasteiger partial charge on any atom is 0.411 e. The molecular weight excluding hydrogens is 310 g/mol. The van der Waals surface area contributed by atoms with E-state index in [-0.39, 0.29) is 12.5 Å². The Morgan fingerprint density at radius 3 is 2.04 bits per heavy atom. The van der Waals surface area contributed by atoms with E-state index in [9.17, 15) is 14.7 Å². The molecular formula is C18H31NO5. The molecule has 1 saturated heterocycles. The highest BCUT2D eigenvalue weighted by molar-refractivity contribution is 5.86. The number of nitrogens with zero attached hydrogens (tertiary/aromatic N) is 1. The number of likely N-dealkylation sites (tertiary alicyclic amines) is 1. The maximum absolute atomic E-state index is 12.7. The second kappa shape index (κ2) is 7.13. The molecule has 6 heteroatoms. The third kappa shape index (κ3) is 5.82. The number of hydrogen-bond acceptors (Lipinski definition) is 5. The van der Waals surface area contributed by atoms with Crippen molar-refractivity contribution in [3.8, 4) is 0 Å². The molecule has 0 aliphatic carbocycles. The minimum atomic E-state index is -0.962. The number of carbonyl (C=O) groups is 2. The topological polar surface area (TPSA) is 76.1 Å². The third-order valence-electron chi connectivity index (χ3n) is 3.17. The number of ether oxygens (including phenoxy) is 2. The molecule has 0 aromatic carbocycles. The van der Waals surface area contributed by atoms with E-state index in [1.165, 1.54) is 4.90 Å². The molecule has 1 aliphatic heterocycles. The molecule has 1 fully saturated rings. The van der Waals surface area contributed by atoms with E-state index >= 15 is 0 Å². The van der Waals surface area contributed by atoms with Gasteiger partial charge in [0.05, 0.1) is 12.6 Å². The third-order valence-corrected chi connectivity index (χ3v) is 3.17. The fourth-order valence-electron chi connectivity index (χ4n) is 2.47. The van der Waals surface area contributed by atoms with Gasteiger partial charge in [0.15, 0.2) is 6.04 Å². The normalized spacial score (nSPS) is 23.8. The Morgan fingerprint density at radius 2 is 1.62 bits per heavy atom. The lowest BCUT2D eigenvalue weighted by molar-refractivity contribution is -0.158. The fourth-order valence-corrected chi connectivity index (χ4v) is 2.47. The minimum absolute atomic E-state index is 0.0113. The Morgan fingerprint density at radius 1 is 1.12 bits per heavy atom. The Hall–Kier alpha value is -1.56. The summed E-state index contributed by atoms with van der Waals surface area (Å²) in [6.45, 7) is 14.5. The van der Waals surface area contributed by atoms with Crippen LogP contribution in [0.5, 0.6) is 0 Å². The van der Waals surface area contributed by atoms with Crippen molar-refractivity contribution in [2.45, 2.75) is 78.7 Å².